The van der Waals surface area contributed by atoms with Gasteiger partial charge in [0.2, 0.25) is 12.3 Å². The van der Waals surface area contributed by atoms with Gasteiger partial charge in [-0.05, 0) is 13.3 Å². The number of hydroxylamine groups is 2. The number of nitrogens with zero attached hydrogens (tertiary/aromatic N) is 5. The van der Waals surface area contributed by atoms with E-state index in [1.54, 1.807) is 13.0 Å². The van der Waals surface area contributed by atoms with Gasteiger partial charge in [0, 0.05) is 19.2 Å². The molecule has 2 rings (SSSR count). The Morgan fingerprint density at radius 3 is 2.75 bits per heavy atom. The van der Waals surface area contributed by atoms with Crippen LogP contribution in [0.15, 0.2) is 6.07 Å². The molecule has 1 aliphatic rings. The van der Waals surface area contributed by atoms with E-state index in [1.807, 2.05) is 0 Å². The van der Waals surface area contributed by atoms with E-state index in [4.69, 9.17) is 10.6 Å². The first-order valence-electron chi connectivity index (χ1n) is 9.64. The smallest absolute Gasteiger partial charge is 0.247 e. The fourth-order valence-electron chi connectivity index (χ4n) is 3.13. The van der Waals surface area contributed by atoms with E-state index in [2.05, 4.69) is 21.8 Å². The molecule has 0 unspecified atom stereocenters. The molecule has 0 aliphatic carbocycles. The molecule has 1 fully saturated rings. The number of nitrogens with two attached hydrogens (primary N) is 1. The third-order valence-corrected chi connectivity index (χ3v) is 4.66. The van der Waals surface area contributed by atoms with Crippen LogP contribution in [0.25, 0.3) is 0 Å². The SMILES string of the molecule is CCCCC[C@H](CN(O)C=O)C(=O)N(N)c1cc(N2CCOCC2)nc(C)n1. The highest BCUT2D eigenvalue weighted by Crippen LogP contribution is 2.21. The summed E-state index contributed by atoms with van der Waals surface area (Å²) in [5.41, 5.74) is 0. The van der Waals surface area contributed by atoms with Crippen LogP contribution in [0, 0.1) is 12.8 Å². The van der Waals surface area contributed by atoms with Crippen molar-refractivity contribution in [3.8, 4) is 0 Å². The molecular weight excluding hydrogens is 364 g/mol. The second-order valence-electron chi connectivity index (χ2n) is 6.86. The molecule has 28 heavy (non-hydrogen) atoms. The van der Waals surface area contributed by atoms with Crippen molar-refractivity contribution < 1.29 is 19.5 Å². The average Bonchev–Trinajstić information content (AvgIpc) is 2.72. The topological polar surface area (TPSA) is 125 Å². The monoisotopic (exact) mass is 394 g/mol. The van der Waals surface area contributed by atoms with Gasteiger partial charge in [-0.2, -0.15) is 0 Å². The largest absolute Gasteiger partial charge is 0.378 e. The molecule has 1 aromatic heterocycles. The predicted octanol–water partition coefficient (Wildman–Crippen LogP) is 0.872. The van der Waals surface area contributed by atoms with Gasteiger partial charge in [-0.3, -0.25) is 14.8 Å². The summed E-state index contributed by atoms with van der Waals surface area (Å²) in [6, 6.07) is 1.68. The normalized spacial score (nSPS) is 15.2. The Balaban J connectivity index is 2.17. The summed E-state index contributed by atoms with van der Waals surface area (Å²) < 4.78 is 5.36. The molecule has 1 saturated heterocycles. The Morgan fingerprint density at radius 2 is 2.11 bits per heavy atom. The highest BCUT2D eigenvalue weighted by Gasteiger charge is 2.27. The lowest BCUT2D eigenvalue weighted by Crippen LogP contribution is -2.45. The Kier molecular flexibility index (Phi) is 8.55. The zero-order valence-corrected chi connectivity index (χ0v) is 16.6. The van der Waals surface area contributed by atoms with Gasteiger partial charge in [-0.25, -0.2) is 25.9 Å². The second kappa shape index (κ2) is 10.9. The molecule has 10 nitrogen and oxygen atoms in total. The van der Waals surface area contributed by atoms with Crippen molar-refractivity contribution in [3.05, 3.63) is 11.9 Å². The predicted molar refractivity (Wildman–Crippen MR) is 104 cm³/mol. The first kappa shape index (κ1) is 22.0. The van der Waals surface area contributed by atoms with E-state index < -0.39 is 11.8 Å². The van der Waals surface area contributed by atoms with Gasteiger partial charge in [0.1, 0.15) is 11.6 Å². The number of unbranched alkanes of at least 4 members (excludes halogenated alkanes) is 2. The minimum absolute atomic E-state index is 0.111. The standard InChI is InChI=1S/C18H30N6O4/c1-3-4-5-6-15(12-23(27)13-25)18(26)24(19)17-11-16(20-14(2)21-17)22-7-9-28-10-8-22/h11,13,15,27H,3-10,12,19H2,1-2H3/t15-/m1/s1. The molecule has 0 saturated carbocycles. The second-order valence-corrected chi connectivity index (χ2v) is 6.86. The molecular formula is C18H30N6O4. The molecule has 3 N–H and O–H groups in total. The van der Waals surface area contributed by atoms with Gasteiger partial charge in [-0.15, -0.1) is 0 Å². The van der Waals surface area contributed by atoms with E-state index in [-0.39, 0.29) is 18.8 Å². The molecule has 2 heterocycles. The van der Waals surface area contributed by atoms with Crippen molar-refractivity contribution >= 4 is 24.0 Å². The number of rotatable bonds is 10. The number of morpholine rings is 1. The number of aryl methyl sites for hydroxylation is 1. The summed E-state index contributed by atoms with van der Waals surface area (Å²) in [7, 11) is 0. The number of carbonyl (C=O) groups is 2. The fraction of sp³-hybridized carbons (Fsp3) is 0.667. The maximum Gasteiger partial charge on any atom is 0.247 e. The Labute approximate surface area is 165 Å². The van der Waals surface area contributed by atoms with Gasteiger partial charge >= 0.3 is 0 Å². The summed E-state index contributed by atoms with van der Waals surface area (Å²) in [5, 5.41) is 11.0. The van der Waals surface area contributed by atoms with E-state index in [0.717, 1.165) is 24.3 Å². The molecule has 0 radical (unpaired) electrons. The summed E-state index contributed by atoms with van der Waals surface area (Å²) in [5.74, 6) is 6.55. The molecule has 0 aromatic carbocycles. The molecule has 0 spiro atoms. The molecule has 156 valence electrons. The number of hydrazine groups is 1. The van der Waals surface area contributed by atoms with Crippen molar-refractivity contribution in [2.45, 2.75) is 39.5 Å². The van der Waals surface area contributed by atoms with Crippen molar-refractivity contribution in [1.29, 1.82) is 0 Å². The van der Waals surface area contributed by atoms with E-state index >= 15 is 0 Å². The highest BCUT2D eigenvalue weighted by molar-refractivity contribution is 5.93. The Morgan fingerprint density at radius 1 is 1.39 bits per heavy atom. The Hall–Kier alpha value is -2.30. The first-order chi connectivity index (χ1) is 13.5. The third-order valence-electron chi connectivity index (χ3n) is 4.66. The number of ether oxygens (including phenoxy) is 1. The van der Waals surface area contributed by atoms with Crippen LogP contribution < -0.4 is 15.8 Å². The molecule has 1 atom stereocenters. The van der Waals surface area contributed by atoms with Crippen LogP contribution in [-0.4, -0.2) is 65.4 Å². The van der Waals surface area contributed by atoms with Crippen molar-refractivity contribution in [2.24, 2.45) is 11.8 Å². The van der Waals surface area contributed by atoms with Gasteiger partial charge in [0.25, 0.3) is 0 Å². The number of aromatic nitrogens is 2. The maximum atomic E-state index is 12.9. The number of carbonyl (C=O) groups excluding carboxylic acids is 2. The first-order valence-corrected chi connectivity index (χ1v) is 9.64. The van der Waals surface area contributed by atoms with Crippen LogP contribution in [0.4, 0.5) is 11.6 Å². The van der Waals surface area contributed by atoms with Crippen LogP contribution in [0.2, 0.25) is 0 Å². The number of hydrogen-bond donors (Lipinski definition) is 2. The Bertz CT molecular complexity index is 653. The minimum Gasteiger partial charge on any atom is -0.378 e. The summed E-state index contributed by atoms with van der Waals surface area (Å²) in [4.78, 5) is 34.5. The molecule has 10 heteroatoms. The van der Waals surface area contributed by atoms with Crippen molar-refractivity contribution in [3.63, 3.8) is 0 Å². The lowest BCUT2D eigenvalue weighted by atomic mass is 10.00. The van der Waals surface area contributed by atoms with Crippen LogP contribution in [-0.2, 0) is 14.3 Å². The van der Waals surface area contributed by atoms with E-state index in [0.29, 0.717) is 49.4 Å². The molecule has 0 bridgehead atoms. The average molecular weight is 394 g/mol. The number of amides is 2. The zero-order chi connectivity index (χ0) is 20.5. The van der Waals surface area contributed by atoms with Crippen LogP contribution in [0.1, 0.15) is 38.4 Å². The van der Waals surface area contributed by atoms with Crippen molar-refractivity contribution in [2.75, 3.05) is 42.8 Å². The third kappa shape index (κ3) is 6.11. The van der Waals surface area contributed by atoms with Crippen molar-refractivity contribution in [1.82, 2.24) is 15.0 Å². The molecule has 2 amide bonds. The van der Waals surface area contributed by atoms with Gasteiger partial charge in [0.15, 0.2) is 5.82 Å². The van der Waals surface area contributed by atoms with E-state index in [9.17, 15) is 14.8 Å². The molecule has 1 aromatic rings. The fourth-order valence-corrected chi connectivity index (χ4v) is 3.13. The summed E-state index contributed by atoms with van der Waals surface area (Å²) >= 11 is 0. The van der Waals surface area contributed by atoms with Crippen LogP contribution in [0.3, 0.4) is 0 Å². The van der Waals surface area contributed by atoms with Crippen LogP contribution in [0.5, 0.6) is 0 Å². The maximum absolute atomic E-state index is 12.9. The lowest BCUT2D eigenvalue weighted by molar-refractivity contribution is -0.154. The number of hydrogen-bond acceptors (Lipinski definition) is 8. The zero-order valence-electron chi connectivity index (χ0n) is 16.6. The van der Waals surface area contributed by atoms with Gasteiger partial charge < -0.3 is 9.64 Å². The van der Waals surface area contributed by atoms with Crippen LogP contribution >= 0.6 is 0 Å². The summed E-state index contributed by atoms with van der Waals surface area (Å²) in [6.45, 7) is 6.32. The van der Waals surface area contributed by atoms with Gasteiger partial charge in [0.05, 0.1) is 25.7 Å². The highest BCUT2D eigenvalue weighted by atomic mass is 16.5. The quantitative estimate of drug-likeness (QED) is 0.150. The lowest BCUT2D eigenvalue weighted by Gasteiger charge is -2.29. The van der Waals surface area contributed by atoms with E-state index in [1.165, 1.54) is 0 Å². The summed E-state index contributed by atoms with van der Waals surface area (Å²) in [6.07, 6.45) is 3.56. The number of anilines is 2. The molecule has 1 aliphatic heterocycles. The van der Waals surface area contributed by atoms with Gasteiger partial charge in [-0.1, -0.05) is 26.2 Å². The minimum atomic E-state index is -0.617.